The molecule has 0 saturated heterocycles. The first-order chi connectivity index (χ1) is 8.60. The number of nitrogens with zero attached hydrogens (tertiary/aromatic N) is 2. The van der Waals surface area contributed by atoms with Gasteiger partial charge in [0.15, 0.2) is 0 Å². The molecular weight excluding hydrogens is 229 g/mol. The molecule has 0 bridgehead atoms. The SMILES string of the molecule is Cc1ccc(C#N)c(Nc2cc(F)ccc2C)n1. The largest absolute Gasteiger partial charge is 0.339 e. The Morgan fingerprint density at radius 2 is 2.00 bits per heavy atom. The van der Waals surface area contributed by atoms with Crippen LogP contribution in [-0.2, 0) is 0 Å². The molecule has 1 heterocycles. The van der Waals surface area contributed by atoms with Crippen LogP contribution in [0.1, 0.15) is 16.8 Å². The number of nitriles is 1. The van der Waals surface area contributed by atoms with Crippen molar-refractivity contribution in [1.82, 2.24) is 4.98 Å². The van der Waals surface area contributed by atoms with Gasteiger partial charge in [-0.1, -0.05) is 6.07 Å². The molecule has 3 nitrogen and oxygen atoms in total. The number of rotatable bonds is 2. The minimum absolute atomic E-state index is 0.325. The van der Waals surface area contributed by atoms with E-state index in [1.165, 1.54) is 12.1 Å². The number of benzene rings is 1. The Hall–Kier alpha value is -2.41. The molecule has 18 heavy (non-hydrogen) atoms. The van der Waals surface area contributed by atoms with Gasteiger partial charge in [0, 0.05) is 11.4 Å². The molecule has 0 saturated carbocycles. The molecule has 1 aromatic carbocycles. The molecule has 0 fully saturated rings. The van der Waals surface area contributed by atoms with Gasteiger partial charge in [0.2, 0.25) is 0 Å². The van der Waals surface area contributed by atoms with E-state index < -0.39 is 0 Å². The van der Waals surface area contributed by atoms with E-state index in [1.807, 2.05) is 13.8 Å². The summed E-state index contributed by atoms with van der Waals surface area (Å²) in [5, 5.41) is 12.0. The molecule has 1 N–H and O–H groups in total. The molecule has 1 aromatic heterocycles. The fraction of sp³-hybridized carbons (Fsp3) is 0.143. The van der Waals surface area contributed by atoms with E-state index >= 15 is 0 Å². The fourth-order valence-corrected chi connectivity index (χ4v) is 1.60. The van der Waals surface area contributed by atoms with Gasteiger partial charge in [-0.3, -0.25) is 0 Å². The third kappa shape index (κ3) is 2.46. The number of aromatic nitrogens is 1. The lowest BCUT2D eigenvalue weighted by atomic mass is 10.2. The van der Waals surface area contributed by atoms with Crippen molar-refractivity contribution in [1.29, 1.82) is 5.26 Å². The van der Waals surface area contributed by atoms with Crippen LogP contribution in [0.2, 0.25) is 0 Å². The van der Waals surface area contributed by atoms with Gasteiger partial charge in [0.1, 0.15) is 17.7 Å². The number of hydrogen-bond donors (Lipinski definition) is 1. The lowest BCUT2D eigenvalue weighted by Gasteiger charge is -2.10. The van der Waals surface area contributed by atoms with Gasteiger partial charge in [-0.05, 0) is 43.7 Å². The maximum Gasteiger partial charge on any atom is 0.148 e. The zero-order chi connectivity index (χ0) is 13.1. The van der Waals surface area contributed by atoms with Crippen LogP contribution in [0.25, 0.3) is 0 Å². The van der Waals surface area contributed by atoms with Crippen LogP contribution in [0, 0.1) is 31.0 Å². The van der Waals surface area contributed by atoms with E-state index in [2.05, 4.69) is 16.4 Å². The zero-order valence-electron chi connectivity index (χ0n) is 10.2. The van der Waals surface area contributed by atoms with Gasteiger partial charge in [-0.2, -0.15) is 5.26 Å². The van der Waals surface area contributed by atoms with Crippen LogP contribution in [-0.4, -0.2) is 4.98 Å². The molecule has 2 rings (SSSR count). The van der Waals surface area contributed by atoms with Crippen LogP contribution >= 0.6 is 0 Å². The summed E-state index contributed by atoms with van der Waals surface area (Å²) >= 11 is 0. The molecule has 90 valence electrons. The maximum atomic E-state index is 13.2. The maximum absolute atomic E-state index is 13.2. The number of anilines is 2. The molecule has 0 unspecified atom stereocenters. The Morgan fingerprint density at radius 3 is 2.72 bits per heavy atom. The Morgan fingerprint density at radius 1 is 1.22 bits per heavy atom. The third-order valence-corrected chi connectivity index (χ3v) is 2.61. The van der Waals surface area contributed by atoms with Crippen molar-refractivity contribution in [3.05, 3.63) is 53.0 Å². The molecular formula is C14H12FN3. The van der Waals surface area contributed by atoms with Crippen molar-refractivity contribution in [3.8, 4) is 6.07 Å². The molecule has 0 aliphatic rings. The average Bonchev–Trinajstić information content (AvgIpc) is 2.34. The van der Waals surface area contributed by atoms with Gasteiger partial charge < -0.3 is 5.32 Å². The van der Waals surface area contributed by atoms with Gasteiger partial charge in [0.05, 0.1) is 5.56 Å². The second kappa shape index (κ2) is 4.84. The van der Waals surface area contributed by atoms with Gasteiger partial charge in [-0.15, -0.1) is 0 Å². The minimum Gasteiger partial charge on any atom is -0.339 e. The smallest absolute Gasteiger partial charge is 0.148 e. The number of hydrogen-bond acceptors (Lipinski definition) is 3. The molecule has 4 heteroatoms. The third-order valence-electron chi connectivity index (χ3n) is 2.61. The van der Waals surface area contributed by atoms with E-state index in [0.717, 1.165) is 11.3 Å². The summed E-state index contributed by atoms with van der Waals surface area (Å²) < 4.78 is 13.2. The van der Waals surface area contributed by atoms with Crippen molar-refractivity contribution in [2.24, 2.45) is 0 Å². The van der Waals surface area contributed by atoms with Crippen molar-refractivity contribution in [3.63, 3.8) is 0 Å². The van der Waals surface area contributed by atoms with Crippen LogP contribution in [0.5, 0.6) is 0 Å². The van der Waals surface area contributed by atoms with Crippen LogP contribution in [0.4, 0.5) is 15.9 Å². The second-order valence-corrected chi connectivity index (χ2v) is 4.04. The van der Waals surface area contributed by atoms with E-state index in [0.29, 0.717) is 17.1 Å². The number of nitrogens with one attached hydrogen (secondary N) is 1. The number of pyridine rings is 1. The lowest BCUT2D eigenvalue weighted by Crippen LogP contribution is -2.00. The van der Waals surface area contributed by atoms with Crippen LogP contribution in [0.3, 0.4) is 0 Å². The summed E-state index contributed by atoms with van der Waals surface area (Å²) in [5.41, 5.74) is 2.74. The molecule has 0 aliphatic carbocycles. The Labute approximate surface area is 105 Å². The molecule has 0 aliphatic heterocycles. The molecule has 0 radical (unpaired) electrons. The summed E-state index contributed by atoms with van der Waals surface area (Å²) in [7, 11) is 0. The fourth-order valence-electron chi connectivity index (χ4n) is 1.60. The lowest BCUT2D eigenvalue weighted by molar-refractivity contribution is 0.628. The van der Waals surface area contributed by atoms with Crippen molar-refractivity contribution >= 4 is 11.5 Å². The normalized spacial score (nSPS) is 9.89. The van der Waals surface area contributed by atoms with E-state index in [1.54, 1.807) is 18.2 Å². The first kappa shape index (κ1) is 12.1. The van der Waals surface area contributed by atoms with Crippen molar-refractivity contribution < 1.29 is 4.39 Å². The highest BCUT2D eigenvalue weighted by Gasteiger charge is 2.07. The topological polar surface area (TPSA) is 48.7 Å². The monoisotopic (exact) mass is 241 g/mol. The second-order valence-electron chi connectivity index (χ2n) is 4.04. The van der Waals surface area contributed by atoms with Gasteiger partial charge in [-0.25, -0.2) is 9.37 Å². The van der Waals surface area contributed by atoms with Crippen LogP contribution in [0.15, 0.2) is 30.3 Å². The standard InChI is InChI=1S/C14H12FN3/c1-9-3-6-12(15)7-13(9)18-14-11(8-16)5-4-10(2)17-14/h3-7H,1-2H3,(H,17,18). The first-order valence-electron chi connectivity index (χ1n) is 5.51. The molecule has 0 amide bonds. The summed E-state index contributed by atoms with van der Waals surface area (Å²) in [6.07, 6.45) is 0. The Kier molecular flexibility index (Phi) is 3.24. The van der Waals surface area contributed by atoms with Crippen LogP contribution < -0.4 is 5.32 Å². The van der Waals surface area contributed by atoms with E-state index in [9.17, 15) is 4.39 Å². The van der Waals surface area contributed by atoms with Crippen molar-refractivity contribution in [2.45, 2.75) is 13.8 Å². The average molecular weight is 241 g/mol. The van der Waals surface area contributed by atoms with Crippen molar-refractivity contribution in [2.75, 3.05) is 5.32 Å². The van der Waals surface area contributed by atoms with E-state index in [4.69, 9.17) is 5.26 Å². The highest BCUT2D eigenvalue weighted by Crippen LogP contribution is 2.22. The Balaban J connectivity index is 2.43. The summed E-state index contributed by atoms with van der Waals surface area (Å²) in [5.74, 6) is 0.125. The highest BCUT2D eigenvalue weighted by molar-refractivity contribution is 5.65. The Bertz CT molecular complexity index is 629. The minimum atomic E-state index is -0.325. The number of aryl methyl sites for hydroxylation is 2. The summed E-state index contributed by atoms with van der Waals surface area (Å²) in [4.78, 5) is 4.25. The molecule has 0 spiro atoms. The van der Waals surface area contributed by atoms with Gasteiger partial charge in [0.25, 0.3) is 0 Å². The predicted molar refractivity (Wildman–Crippen MR) is 68.1 cm³/mol. The van der Waals surface area contributed by atoms with E-state index in [-0.39, 0.29) is 5.82 Å². The quantitative estimate of drug-likeness (QED) is 0.876. The highest BCUT2D eigenvalue weighted by atomic mass is 19.1. The molecule has 2 aromatic rings. The summed E-state index contributed by atoms with van der Waals surface area (Å²) in [6.45, 7) is 3.70. The van der Waals surface area contributed by atoms with Gasteiger partial charge >= 0.3 is 0 Å². The predicted octanol–water partition coefficient (Wildman–Crippen LogP) is 3.45. The molecule has 0 atom stereocenters. The zero-order valence-corrected chi connectivity index (χ0v) is 10.2. The first-order valence-corrected chi connectivity index (χ1v) is 5.51. The number of halogens is 1. The summed E-state index contributed by atoms with van der Waals surface area (Å²) in [6, 6.07) is 9.99.